The van der Waals surface area contributed by atoms with Gasteiger partial charge in [0.15, 0.2) is 0 Å². The Kier molecular flexibility index (Phi) is 8.70. The van der Waals surface area contributed by atoms with E-state index in [4.69, 9.17) is 9.47 Å². The number of aromatic nitrogens is 3. The van der Waals surface area contributed by atoms with E-state index in [0.717, 1.165) is 40.6 Å². The highest BCUT2D eigenvalue weighted by molar-refractivity contribution is 7.09. The Morgan fingerprint density at radius 3 is 2.50 bits per heavy atom. The highest BCUT2D eigenvalue weighted by Gasteiger charge is 2.41. The highest BCUT2D eigenvalue weighted by atomic mass is 32.1. The number of methoxy groups -OCH3 is 2. The van der Waals surface area contributed by atoms with Crippen LogP contribution in [0.3, 0.4) is 0 Å². The average Bonchev–Trinajstić information content (AvgIpc) is 3.57. The van der Waals surface area contributed by atoms with Gasteiger partial charge >= 0.3 is 12.0 Å². The van der Waals surface area contributed by atoms with E-state index in [1.807, 2.05) is 29.0 Å². The number of imide groups is 1. The van der Waals surface area contributed by atoms with Crippen LogP contribution in [0, 0.1) is 6.92 Å². The number of carbonyl (C=O) groups excluding carboxylic acids is 3. The second-order valence-corrected chi connectivity index (χ2v) is 9.95. The Morgan fingerprint density at radius 1 is 1.11 bits per heavy atom. The van der Waals surface area contributed by atoms with Crippen molar-refractivity contribution in [3.8, 4) is 0 Å². The van der Waals surface area contributed by atoms with Crippen LogP contribution in [0.5, 0.6) is 0 Å². The fraction of sp³-hybridized carbons (Fsp3) is 0.370. The van der Waals surface area contributed by atoms with Gasteiger partial charge in [-0.05, 0) is 37.1 Å². The summed E-state index contributed by atoms with van der Waals surface area (Å²) in [7, 11) is 2.79. The maximum absolute atomic E-state index is 13.3. The molecule has 0 bridgehead atoms. The molecule has 0 unspecified atom stereocenters. The van der Waals surface area contributed by atoms with Gasteiger partial charge in [-0.25, -0.2) is 24.5 Å². The van der Waals surface area contributed by atoms with Gasteiger partial charge in [0.1, 0.15) is 18.3 Å². The summed E-state index contributed by atoms with van der Waals surface area (Å²) in [6.07, 6.45) is 6.17. The summed E-state index contributed by atoms with van der Waals surface area (Å²) < 4.78 is 12.0. The molecule has 10 nitrogen and oxygen atoms in total. The molecular formula is C27H31N5O5S. The zero-order chi connectivity index (χ0) is 27.2. The number of unbranched alkanes of at least 4 members (excludes halogenated alkanes) is 1. The maximum Gasteiger partial charge on any atom is 0.337 e. The van der Waals surface area contributed by atoms with Crippen molar-refractivity contribution in [3.63, 3.8) is 0 Å². The first kappa shape index (κ1) is 27.2. The van der Waals surface area contributed by atoms with E-state index in [-0.39, 0.29) is 19.0 Å². The van der Waals surface area contributed by atoms with Gasteiger partial charge in [0.2, 0.25) is 0 Å². The number of rotatable bonds is 11. The van der Waals surface area contributed by atoms with Crippen molar-refractivity contribution in [2.24, 2.45) is 0 Å². The number of esters is 1. The van der Waals surface area contributed by atoms with E-state index in [1.165, 1.54) is 30.5 Å². The normalized spacial score (nSPS) is 14.7. The van der Waals surface area contributed by atoms with E-state index in [0.29, 0.717) is 23.5 Å². The molecule has 3 heterocycles. The molecule has 1 aliphatic rings. The molecule has 11 heteroatoms. The summed E-state index contributed by atoms with van der Waals surface area (Å²) in [5.74, 6) is 0.0469. The Bertz CT molecular complexity index is 1340. The number of thiazole rings is 1. The first-order valence-corrected chi connectivity index (χ1v) is 13.2. The fourth-order valence-electron chi connectivity index (χ4n) is 4.22. The van der Waals surface area contributed by atoms with E-state index >= 15 is 0 Å². The molecule has 0 radical (unpaired) electrons. The number of urea groups is 1. The predicted molar refractivity (Wildman–Crippen MR) is 142 cm³/mol. The lowest BCUT2D eigenvalue weighted by molar-refractivity contribution is -0.126. The van der Waals surface area contributed by atoms with Crippen molar-refractivity contribution < 1.29 is 23.9 Å². The van der Waals surface area contributed by atoms with Gasteiger partial charge in [0.05, 0.1) is 41.8 Å². The Labute approximate surface area is 225 Å². The van der Waals surface area contributed by atoms with Gasteiger partial charge in [-0.2, -0.15) is 0 Å². The van der Waals surface area contributed by atoms with Crippen molar-refractivity contribution >= 4 is 35.3 Å². The first-order chi connectivity index (χ1) is 18.4. The van der Waals surface area contributed by atoms with Crippen molar-refractivity contribution in [3.05, 3.63) is 74.9 Å². The summed E-state index contributed by atoms with van der Waals surface area (Å²) in [6, 6.07) is 6.73. The molecule has 1 aliphatic heterocycles. The minimum absolute atomic E-state index is 0.144. The van der Waals surface area contributed by atoms with Gasteiger partial charge < -0.3 is 14.0 Å². The smallest absolute Gasteiger partial charge is 0.337 e. The fourth-order valence-corrected chi connectivity index (χ4v) is 4.82. The number of hydrogen-bond acceptors (Lipinski definition) is 8. The average molecular weight is 538 g/mol. The van der Waals surface area contributed by atoms with Crippen LogP contribution < -0.4 is 0 Å². The maximum atomic E-state index is 13.3. The third kappa shape index (κ3) is 5.84. The summed E-state index contributed by atoms with van der Waals surface area (Å²) >= 11 is 1.49. The van der Waals surface area contributed by atoms with Crippen molar-refractivity contribution in [2.45, 2.75) is 46.2 Å². The van der Waals surface area contributed by atoms with E-state index in [1.54, 1.807) is 24.4 Å². The first-order valence-electron chi connectivity index (χ1n) is 12.3. The van der Waals surface area contributed by atoms with Crippen LogP contribution in [0.15, 0.2) is 41.5 Å². The topological polar surface area (TPSA) is 107 Å². The number of nitrogens with zero attached hydrogens (tertiary/aromatic N) is 5. The molecule has 38 heavy (non-hydrogen) atoms. The van der Waals surface area contributed by atoms with Gasteiger partial charge in [-0.3, -0.25) is 9.69 Å². The number of benzene rings is 1. The SMILES string of the molecule is CCCCc1ncc(/C=C2/C(=O)N(COC)C(=O)N2Cc2csc(C)n2)n1Cc1ccc(C(=O)OC)cc1. The summed E-state index contributed by atoms with van der Waals surface area (Å²) in [5, 5.41) is 2.77. The number of hydrogen-bond donors (Lipinski definition) is 0. The van der Waals surface area contributed by atoms with Crippen molar-refractivity contribution in [2.75, 3.05) is 21.0 Å². The molecule has 3 aromatic rings. The van der Waals surface area contributed by atoms with Crippen molar-refractivity contribution in [1.82, 2.24) is 24.3 Å². The third-order valence-corrected chi connectivity index (χ3v) is 7.01. The van der Waals surface area contributed by atoms with Crippen molar-refractivity contribution in [1.29, 1.82) is 0 Å². The number of amides is 3. The van der Waals surface area contributed by atoms with Gasteiger partial charge in [0.25, 0.3) is 5.91 Å². The number of ether oxygens (including phenoxy) is 2. The second-order valence-electron chi connectivity index (χ2n) is 8.88. The van der Waals surface area contributed by atoms with Crippen LogP contribution in [0.1, 0.15) is 57.9 Å². The molecule has 1 saturated heterocycles. The molecule has 2 aromatic heterocycles. The summed E-state index contributed by atoms with van der Waals surface area (Å²) in [6.45, 7) is 4.52. The minimum atomic E-state index is -0.454. The van der Waals surface area contributed by atoms with Gasteiger partial charge in [-0.1, -0.05) is 25.5 Å². The van der Waals surface area contributed by atoms with Gasteiger partial charge in [-0.15, -0.1) is 11.3 Å². The molecule has 0 aliphatic carbocycles. The monoisotopic (exact) mass is 537 g/mol. The molecular weight excluding hydrogens is 506 g/mol. The molecule has 0 N–H and O–H groups in total. The molecule has 1 aromatic carbocycles. The molecule has 1 fully saturated rings. The Balaban J connectivity index is 1.71. The van der Waals surface area contributed by atoms with Crippen LogP contribution in [-0.4, -0.2) is 63.2 Å². The van der Waals surface area contributed by atoms with Crippen LogP contribution in [0.2, 0.25) is 0 Å². The second kappa shape index (κ2) is 12.1. The van der Waals surface area contributed by atoms with E-state index in [2.05, 4.69) is 16.9 Å². The van der Waals surface area contributed by atoms with Crippen LogP contribution in [0.25, 0.3) is 6.08 Å². The van der Waals surface area contributed by atoms with E-state index in [9.17, 15) is 14.4 Å². The third-order valence-electron chi connectivity index (χ3n) is 6.19. The van der Waals surface area contributed by atoms with Gasteiger partial charge in [0, 0.05) is 25.5 Å². The number of imidazole rings is 1. The van der Waals surface area contributed by atoms with Crippen LogP contribution in [-0.2, 0) is 33.8 Å². The number of aryl methyl sites for hydroxylation is 2. The highest BCUT2D eigenvalue weighted by Crippen LogP contribution is 2.27. The molecule has 200 valence electrons. The zero-order valence-corrected chi connectivity index (χ0v) is 22.8. The summed E-state index contributed by atoms with van der Waals surface area (Å²) in [4.78, 5) is 49.9. The molecule has 3 amide bonds. The standard InChI is InChI=1S/C27H31N5O5S/c1-5-6-7-24-28-13-22(30(24)14-19-8-10-20(11-9-19)26(34)37-4)12-23-25(33)32(17-36-3)27(35)31(23)15-21-16-38-18(2)29-21/h8-13,16H,5-7,14-15,17H2,1-4H3/b23-12-. The molecule has 0 atom stereocenters. The summed E-state index contributed by atoms with van der Waals surface area (Å²) in [5.41, 5.74) is 3.07. The Hall–Kier alpha value is -3.83. The molecule has 0 saturated carbocycles. The largest absolute Gasteiger partial charge is 0.465 e. The lowest BCUT2D eigenvalue weighted by Crippen LogP contribution is -2.34. The lowest BCUT2D eigenvalue weighted by atomic mass is 10.1. The Morgan fingerprint density at radius 2 is 1.87 bits per heavy atom. The molecule has 0 spiro atoms. The minimum Gasteiger partial charge on any atom is -0.465 e. The van der Waals surface area contributed by atoms with E-state index < -0.39 is 17.9 Å². The number of carbonyl (C=O) groups is 3. The molecule has 4 rings (SSSR count). The van der Waals surface area contributed by atoms with Crippen LogP contribution >= 0.6 is 11.3 Å². The predicted octanol–water partition coefficient (Wildman–Crippen LogP) is 4.23. The van der Waals surface area contributed by atoms with Crippen LogP contribution in [0.4, 0.5) is 4.79 Å². The zero-order valence-electron chi connectivity index (χ0n) is 22.0. The quantitative estimate of drug-likeness (QED) is 0.205. The lowest BCUT2D eigenvalue weighted by Gasteiger charge is -2.16.